The Labute approximate surface area is 158 Å². The van der Waals surface area contributed by atoms with Crippen molar-refractivity contribution < 1.29 is 13.2 Å². The van der Waals surface area contributed by atoms with Crippen molar-refractivity contribution in [2.45, 2.75) is 4.90 Å². The van der Waals surface area contributed by atoms with Gasteiger partial charge in [-0.1, -0.05) is 6.07 Å². The molecular weight excluding hydrogens is 364 g/mol. The average Bonchev–Trinajstić information content (AvgIpc) is 2.69. The first-order valence-electron chi connectivity index (χ1n) is 8.50. The van der Waals surface area contributed by atoms with Gasteiger partial charge in [0.25, 0.3) is 5.91 Å². The van der Waals surface area contributed by atoms with Crippen molar-refractivity contribution in [3.8, 4) is 6.07 Å². The van der Waals surface area contributed by atoms with Crippen molar-refractivity contribution in [2.24, 2.45) is 0 Å². The van der Waals surface area contributed by atoms with Crippen molar-refractivity contribution in [2.75, 3.05) is 38.5 Å². The van der Waals surface area contributed by atoms with Gasteiger partial charge in [-0.25, -0.2) is 8.42 Å². The smallest absolute Gasteiger partial charge is 0.255 e. The summed E-state index contributed by atoms with van der Waals surface area (Å²) in [5.41, 5.74) is 1.29. The Morgan fingerprint density at radius 3 is 2.37 bits per heavy atom. The van der Waals surface area contributed by atoms with Crippen LogP contribution in [0.25, 0.3) is 0 Å². The largest absolute Gasteiger partial charge is 0.322 e. The molecule has 0 spiro atoms. The fraction of sp³-hybridized carbons (Fsp3) is 0.263. The fourth-order valence-corrected chi connectivity index (χ4v) is 4.28. The molecule has 2 aromatic carbocycles. The van der Waals surface area contributed by atoms with Crippen LogP contribution in [0, 0.1) is 11.3 Å². The van der Waals surface area contributed by atoms with Crippen LogP contribution in [0.3, 0.4) is 0 Å². The molecule has 0 aromatic heterocycles. The second-order valence-corrected chi connectivity index (χ2v) is 8.32. The molecule has 1 fully saturated rings. The van der Waals surface area contributed by atoms with Gasteiger partial charge in [0.05, 0.1) is 16.5 Å². The standard InChI is InChI=1S/C19H20N4O3S/c1-22-9-11-23(12-10-22)27(25,26)18-4-2-3-16(13-18)19(24)21-17-7-5-15(14-20)6-8-17/h2-8,13H,9-12H2,1H3,(H,21,24). The normalized spacial score (nSPS) is 15.9. The number of anilines is 1. The van der Waals surface area contributed by atoms with E-state index in [9.17, 15) is 13.2 Å². The minimum atomic E-state index is -3.63. The Bertz CT molecular complexity index is 973. The molecule has 0 saturated carbocycles. The zero-order valence-electron chi connectivity index (χ0n) is 14.9. The number of carbonyl (C=O) groups is 1. The predicted molar refractivity (Wildman–Crippen MR) is 102 cm³/mol. The highest BCUT2D eigenvalue weighted by molar-refractivity contribution is 7.89. The maximum Gasteiger partial charge on any atom is 0.255 e. The summed E-state index contributed by atoms with van der Waals surface area (Å²) in [6.45, 7) is 2.22. The second kappa shape index (κ2) is 7.88. The Morgan fingerprint density at radius 1 is 1.07 bits per heavy atom. The number of rotatable bonds is 4. The third kappa shape index (κ3) is 4.34. The molecule has 1 N–H and O–H groups in total. The molecule has 2 aromatic rings. The van der Waals surface area contributed by atoms with Gasteiger partial charge in [-0.3, -0.25) is 4.79 Å². The molecule has 7 nitrogen and oxygen atoms in total. The summed E-state index contributed by atoms with van der Waals surface area (Å²) < 4.78 is 27.1. The van der Waals surface area contributed by atoms with Crippen LogP contribution in [0.4, 0.5) is 5.69 Å². The van der Waals surface area contributed by atoms with E-state index in [-0.39, 0.29) is 10.5 Å². The minimum absolute atomic E-state index is 0.111. The maximum absolute atomic E-state index is 12.8. The molecule has 1 amide bonds. The third-order valence-electron chi connectivity index (χ3n) is 4.47. The van der Waals surface area contributed by atoms with Gasteiger partial charge in [-0.2, -0.15) is 9.57 Å². The van der Waals surface area contributed by atoms with Gasteiger partial charge in [0, 0.05) is 37.4 Å². The molecule has 1 saturated heterocycles. The lowest BCUT2D eigenvalue weighted by Crippen LogP contribution is -2.47. The van der Waals surface area contributed by atoms with E-state index >= 15 is 0 Å². The quantitative estimate of drug-likeness (QED) is 0.867. The Hall–Kier alpha value is -2.73. The average molecular weight is 384 g/mol. The summed E-state index contributed by atoms with van der Waals surface area (Å²) in [7, 11) is -1.68. The number of nitrogens with one attached hydrogen (secondary N) is 1. The number of hydrogen-bond donors (Lipinski definition) is 1. The van der Waals surface area contributed by atoms with Crippen molar-refractivity contribution in [3.05, 3.63) is 59.7 Å². The summed E-state index contributed by atoms with van der Waals surface area (Å²) in [5, 5.41) is 11.5. The predicted octanol–water partition coefficient (Wildman–Crippen LogP) is 1.75. The molecule has 1 heterocycles. The van der Waals surface area contributed by atoms with Gasteiger partial charge < -0.3 is 10.2 Å². The number of carbonyl (C=O) groups excluding carboxylic acids is 1. The summed E-state index contributed by atoms with van der Waals surface area (Å²) >= 11 is 0. The Kier molecular flexibility index (Phi) is 5.56. The van der Waals surface area contributed by atoms with Gasteiger partial charge in [0.2, 0.25) is 10.0 Å². The van der Waals surface area contributed by atoms with E-state index in [1.807, 2.05) is 13.1 Å². The Balaban J connectivity index is 1.78. The van der Waals surface area contributed by atoms with E-state index in [1.165, 1.54) is 16.4 Å². The van der Waals surface area contributed by atoms with Crippen LogP contribution in [0.5, 0.6) is 0 Å². The number of amides is 1. The molecule has 0 aliphatic carbocycles. The van der Waals surface area contributed by atoms with Crippen LogP contribution in [0.1, 0.15) is 15.9 Å². The molecule has 0 atom stereocenters. The second-order valence-electron chi connectivity index (χ2n) is 6.38. The van der Waals surface area contributed by atoms with Gasteiger partial charge >= 0.3 is 0 Å². The van der Waals surface area contributed by atoms with E-state index < -0.39 is 15.9 Å². The molecule has 1 aliphatic heterocycles. The number of likely N-dealkylation sites (N-methyl/N-ethyl adjacent to an activating group) is 1. The zero-order chi connectivity index (χ0) is 19.4. The lowest BCUT2D eigenvalue weighted by atomic mass is 10.2. The monoisotopic (exact) mass is 384 g/mol. The molecule has 0 bridgehead atoms. The van der Waals surface area contributed by atoms with E-state index in [2.05, 4.69) is 10.2 Å². The number of sulfonamides is 1. The summed E-state index contributed by atoms with van der Waals surface area (Å²) in [6.07, 6.45) is 0. The fourth-order valence-electron chi connectivity index (χ4n) is 2.81. The molecule has 0 unspecified atom stereocenters. The molecule has 0 radical (unpaired) electrons. The number of benzene rings is 2. The SMILES string of the molecule is CN1CCN(S(=O)(=O)c2cccc(C(=O)Nc3ccc(C#N)cc3)c2)CC1. The lowest BCUT2D eigenvalue weighted by molar-refractivity contribution is 0.102. The minimum Gasteiger partial charge on any atom is -0.322 e. The first kappa shape index (κ1) is 19.0. The van der Waals surface area contributed by atoms with Crippen LogP contribution in [0.2, 0.25) is 0 Å². The number of piperazine rings is 1. The summed E-state index contributed by atoms with van der Waals surface area (Å²) in [4.78, 5) is 14.7. The van der Waals surface area contributed by atoms with Crippen molar-refractivity contribution in [3.63, 3.8) is 0 Å². The van der Waals surface area contributed by atoms with Crippen molar-refractivity contribution >= 4 is 21.6 Å². The van der Waals surface area contributed by atoms with Crippen LogP contribution in [-0.2, 0) is 10.0 Å². The Morgan fingerprint density at radius 2 is 1.74 bits per heavy atom. The van der Waals surface area contributed by atoms with Gasteiger partial charge in [-0.15, -0.1) is 0 Å². The topological polar surface area (TPSA) is 93.5 Å². The number of nitrogens with zero attached hydrogens (tertiary/aromatic N) is 3. The summed E-state index contributed by atoms with van der Waals surface area (Å²) in [5.74, 6) is -0.407. The highest BCUT2D eigenvalue weighted by Crippen LogP contribution is 2.19. The van der Waals surface area contributed by atoms with Crippen molar-refractivity contribution in [1.29, 1.82) is 5.26 Å². The van der Waals surface area contributed by atoms with E-state index in [0.29, 0.717) is 37.4 Å². The van der Waals surface area contributed by atoms with Gasteiger partial charge in [-0.05, 0) is 49.5 Å². The molecule has 140 valence electrons. The first-order valence-corrected chi connectivity index (χ1v) is 9.94. The molecule has 8 heteroatoms. The number of nitriles is 1. The first-order chi connectivity index (χ1) is 12.9. The van der Waals surface area contributed by atoms with Crippen LogP contribution in [-0.4, -0.2) is 56.8 Å². The van der Waals surface area contributed by atoms with E-state index in [0.717, 1.165) is 0 Å². The molecule has 3 rings (SSSR count). The van der Waals surface area contributed by atoms with Gasteiger partial charge in [0.15, 0.2) is 0 Å². The van der Waals surface area contributed by atoms with Gasteiger partial charge in [0.1, 0.15) is 0 Å². The van der Waals surface area contributed by atoms with E-state index in [1.54, 1.807) is 36.4 Å². The highest BCUT2D eigenvalue weighted by atomic mass is 32.2. The van der Waals surface area contributed by atoms with Crippen LogP contribution in [0.15, 0.2) is 53.4 Å². The molecule has 1 aliphatic rings. The maximum atomic E-state index is 12.8. The van der Waals surface area contributed by atoms with Crippen LogP contribution >= 0.6 is 0 Å². The molecule has 27 heavy (non-hydrogen) atoms. The highest BCUT2D eigenvalue weighted by Gasteiger charge is 2.27. The van der Waals surface area contributed by atoms with E-state index in [4.69, 9.17) is 5.26 Å². The lowest BCUT2D eigenvalue weighted by Gasteiger charge is -2.31. The summed E-state index contributed by atoms with van der Waals surface area (Å²) in [6, 6.07) is 14.5. The van der Waals surface area contributed by atoms with Crippen LogP contribution < -0.4 is 5.32 Å². The molecular formula is C19H20N4O3S. The third-order valence-corrected chi connectivity index (χ3v) is 6.36. The van der Waals surface area contributed by atoms with Crippen molar-refractivity contribution in [1.82, 2.24) is 9.21 Å². The zero-order valence-corrected chi connectivity index (χ0v) is 15.7. The number of hydrogen-bond acceptors (Lipinski definition) is 5.